The standard InChI is InChI=1S/C11H14N2O3/c1-13(10(14)4-5-11(15)16)8-9-3-2-6-12-7-9/h2-3,6-7H,4-5,8H2,1H3,(H,15,16). The number of carboxylic acids is 1. The van der Waals surface area contributed by atoms with E-state index in [1.807, 2.05) is 6.07 Å². The van der Waals surface area contributed by atoms with E-state index in [1.54, 1.807) is 25.5 Å². The first kappa shape index (κ1) is 12.2. The van der Waals surface area contributed by atoms with Gasteiger partial charge in [-0.15, -0.1) is 0 Å². The molecule has 86 valence electrons. The molecule has 1 rings (SSSR count). The molecule has 0 aliphatic carbocycles. The Balaban J connectivity index is 2.43. The quantitative estimate of drug-likeness (QED) is 0.803. The summed E-state index contributed by atoms with van der Waals surface area (Å²) in [4.78, 5) is 27.2. The lowest BCUT2D eigenvalue weighted by atomic mass is 10.2. The number of amides is 1. The van der Waals surface area contributed by atoms with E-state index >= 15 is 0 Å². The lowest BCUT2D eigenvalue weighted by molar-refractivity contribution is -0.140. The van der Waals surface area contributed by atoms with Crippen molar-refractivity contribution in [3.63, 3.8) is 0 Å². The third-order valence-corrected chi connectivity index (χ3v) is 2.12. The summed E-state index contributed by atoms with van der Waals surface area (Å²) in [7, 11) is 1.65. The van der Waals surface area contributed by atoms with Gasteiger partial charge in [0.1, 0.15) is 0 Å². The van der Waals surface area contributed by atoms with Crippen LogP contribution in [0.3, 0.4) is 0 Å². The van der Waals surface area contributed by atoms with E-state index in [9.17, 15) is 9.59 Å². The van der Waals surface area contributed by atoms with E-state index in [1.165, 1.54) is 4.90 Å². The number of pyridine rings is 1. The van der Waals surface area contributed by atoms with E-state index < -0.39 is 5.97 Å². The van der Waals surface area contributed by atoms with E-state index in [4.69, 9.17) is 5.11 Å². The Kier molecular flexibility index (Phi) is 4.44. The average molecular weight is 222 g/mol. The molecule has 0 saturated carbocycles. The molecule has 0 unspecified atom stereocenters. The summed E-state index contributed by atoms with van der Waals surface area (Å²) in [5, 5.41) is 8.45. The molecule has 0 saturated heterocycles. The van der Waals surface area contributed by atoms with Gasteiger partial charge in [0.05, 0.1) is 6.42 Å². The smallest absolute Gasteiger partial charge is 0.303 e. The van der Waals surface area contributed by atoms with Crippen LogP contribution in [0, 0.1) is 0 Å². The summed E-state index contributed by atoms with van der Waals surface area (Å²) in [6, 6.07) is 3.67. The third-order valence-electron chi connectivity index (χ3n) is 2.12. The highest BCUT2D eigenvalue weighted by Crippen LogP contribution is 2.03. The number of nitrogens with zero attached hydrogens (tertiary/aromatic N) is 2. The zero-order valence-corrected chi connectivity index (χ0v) is 9.09. The van der Waals surface area contributed by atoms with Crippen molar-refractivity contribution in [1.29, 1.82) is 0 Å². The van der Waals surface area contributed by atoms with Gasteiger partial charge in [-0.2, -0.15) is 0 Å². The Bertz CT molecular complexity index is 365. The maximum atomic E-state index is 11.5. The Morgan fingerprint density at radius 1 is 1.44 bits per heavy atom. The second-order valence-corrected chi connectivity index (χ2v) is 3.50. The number of hydrogen-bond donors (Lipinski definition) is 1. The van der Waals surface area contributed by atoms with Crippen LogP contribution in [0.25, 0.3) is 0 Å². The van der Waals surface area contributed by atoms with E-state index in [2.05, 4.69) is 4.98 Å². The van der Waals surface area contributed by atoms with Gasteiger partial charge in [0.15, 0.2) is 0 Å². The maximum absolute atomic E-state index is 11.5. The number of carboxylic acid groups (broad SMARTS) is 1. The van der Waals surface area contributed by atoms with Crippen LogP contribution in [0.5, 0.6) is 0 Å². The lowest BCUT2D eigenvalue weighted by Gasteiger charge is -2.16. The maximum Gasteiger partial charge on any atom is 0.303 e. The molecular formula is C11H14N2O3. The molecule has 0 fully saturated rings. The highest BCUT2D eigenvalue weighted by molar-refractivity contribution is 5.80. The van der Waals surface area contributed by atoms with Gasteiger partial charge in [0.2, 0.25) is 5.91 Å². The molecule has 0 atom stereocenters. The van der Waals surface area contributed by atoms with Gasteiger partial charge in [-0.1, -0.05) is 6.07 Å². The molecular weight excluding hydrogens is 208 g/mol. The molecule has 0 aliphatic rings. The second-order valence-electron chi connectivity index (χ2n) is 3.50. The fourth-order valence-corrected chi connectivity index (χ4v) is 1.26. The van der Waals surface area contributed by atoms with Gasteiger partial charge in [-0.05, 0) is 11.6 Å². The Labute approximate surface area is 93.7 Å². The molecule has 1 heterocycles. The SMILES string of the molecule is CN(Cc1cccnc1)C(=O)CCC(=O)O. The van der Waals surface area contributed by atoms with E-state index in [0.29, 0.717) is 6.54 Å². The van der Waals surface area contributed by atoms with Crippen molar-refractivity contribution in [2.75, 3.05) is 7.05 Å². The van der Waals surface area contributed by atoms with Gasteiger partial charge in [-0.3, -0.25) is 14.6 Å². The van der Waals surface area contributed by atoms with Crippen LogP contribution in [0.15, 0.2) is 24.5 Å². The Morgan fingerprint density at radius 2 is 2.19 bits per heavy atom. The number of carbonyl (C=O) groups is 2. The monoisotopic (exact) mass is 222 g/mol. The van der Waals surface area contributed by atoms with Crippen LogP contribution in [0.2, 0.25) is 0 Å². The molecule has 0 aromatic carbocycles. The topological polar surface area (TPSA) is 70.5 Å². The summed E-state index contributed by atoms with van der Waals surface area (Å²) >= 11 is 0. The molecule has 0 bridgehead atoms. The van der Waals surface area contributed by atoms with Crippen molar-refractivity contribution in [3.8, 4) is 0 Å². The fraction of sp³-hybridized carbons (Fsp3) is 0.364. The van der Waals surface area contributed by atoms with E-state index in [0.717, 1.165) is 5.56 Å². The van der Waals surface area contributed by atoms with Crippen molar-refractivity contribution in [3.05, 3.63) is 30.1 Å². The fourth-order valence-electron chi connectivity index (χ4n) is 1.26. The molecule has 1 N–H and O–H groups in total. The minimum absolute atomic E-state index is 0.0338. The summed E-state index contributed by atoms with van der Waals surface area (Å²) in [6.45, 7) is 0.451. The zero-order valence-electron chi connectivity index (χ0n) is 9.09. The summed E-state index contributed by atoms with van der Waals surface area (Å²) in [6.07, 6.45) is 3.25. The van der Waals surface area contributed by atoms with Crippen LogP contribution in [0.1, 0.15) is 18.4 Å². The largest absolute Gasteiger partial charge is 0.481 e. The van der Waals surface area contributed by atoms with Gasteiger partial charge in [-0.25, -0.2) is 0 Å². The molecule has 5 nitrogen and oxygen atoms in total. The lowest BCUT2D eigenvalue weighted by Crippen LogP contribution is -2.26. The first-order chi connectivity index (χ1) is 7.59. The van der Waals surface area contributed by atoms with Crippen LogP contribution >= 0.6 is 0 Å². The van der Waals surface area contributed by atoms with Crippen molar-refractivity contribution < 1.29 is 14.7 Å². The van der Waals surface area contributed by atoms with E-state index in [-0.39, 0.29) is 18.7 Å². The number of carbonyl (C=O) groups excluding carboxylic acids is 1. The highest BCUT2D eigenvalue weighted by atomic mass is 16.4. The Morgan fingerprint density at radius 3 is 2.75 bits per heavy atom. The molecule has 1 amide bonds. The molecule has 5 heteroatoms. The number of hydrogen-bond acceptors (Lipinski definition) is 3. The predicted octanol–water partition coefficient (Wildman–Crippen LogP) is 0.905. The number of rotatable bonds is 5. The van der Waals surface area contributed by atoms with Crippen LogP contribution in [-0.4, -0.2) is 33.9 Å². The second kappa shape index (κ2) is 5.85. The van der Waals surface area contributed by atoms with Crippen LogP contribution in [-0.2, 0) is 16.1 Å². The normalized spacial score (nSPS) is 9.81. The van der Waals surface area contributed by atoms with Gasteiger partial charge in [0, 0.05) is 32.4 Å². The summed E-state index contributed by atoms with van der Waals surface area (Å²) in [5.41, 5.74) is 0.925. The molecule has 0 radical (unpaired) electrons. The first-order valence-corrected chi connectivity index (χ1v) is 4.94. The van der Waals surface area contributed by atoms with Crippen LogP contribution in [0.4, 0.5) is 0 Å². The Hall–Kier alpha value is -1.91. The van der Waals surface area contributed by atoms with Crippen molar-refractivity contribution in [2.45, 2.75) is 19.4 Å². The molecule has 1 aromatic heterocycles. The number of aromatic nitrogens is 1. The van der Waals surface area contributed by atoms with Crippen molar-refractivity contribution in [2.24, 2.45) is 0 Å². The molecule has 0 aliphatic heterocycles. The molecule has 1 aromatic rings. The average Bonchev–Trinajstić information content (AvgIpc) is 2.27. The van der Waals surface area contributed by atoms with Gasteiger partial charge >= 0.3 is 5.97 Å². The summed E-state index contributed by atoms with van der Waals surface area (Å²) in [5.74, 6) is -1.13. The van der Waals surface area contributed by atoms with Crippen LogP contribution < -0.4 is 0 Å². The predicted molar refractivity (Wildman–Crippen MR) is 57.6 cm³/mol. The number of aliphatic carboxylic acids is 1. The first-order valence-electron chi connectivity index (χ1n) is 4.94. The third kappa shape index (κ3) is 4.08. The summed E-state index contributed by atoms with van der Waals surface area (Å²) < 4.78 is 0. The van der Waals surface area contributed by atoms with Gasteiger partial charge < -0.3 is 10.0 Å². The zero-order chi connectivity index (χ0) is 12.0. The minimum Gasteiger partial charge on any atom is -0.481 e. The van der Waals surface area contributed by atoms with Crippen molar-refractivity contribution >= 4 is 11.9 Å². The minimum atomic E-state index is -0.955. The molecule has 16 heavy (non-hydrogen) atoms. The molecule has 0 spiro atoms. The highest BCUT2D eigenvalue weighted by Gasteiger charge is 2.10. The van der Waals surface area contributed by atoms with Gasteiger partial charge in [0.25, 0.3) is 0 Å². The van der Waals surface area contributed by atoms with Crippen molar-refractivity contribution in [1.82, 2.24) is 9.88 Å².